The van der Waals surface area contributed by atoms with Crippen molar-refractivity contribution in [1.29, 1.82) is 0 Å². The Bertz CT molecular complexity index is 149. The Hall–Kier alpha value is 0.350. The van der Waals surface area contributed by atoms with Crippen LogP contribution < -0.4 is 0 Å². The molecule has 21 heavy (non-hydrogen) atoms. The molecule has 0 spiro atoms. The van der Waals surface area contributed by atoms with Gasteiger partial charge in [-0.1, -0.05) is 110 Å². The maximum Gasteiger partial charge on any atom is 0.0163 e. The summed E-state index contributed by atoms with van der Waals surface area (Å²) in [5.41, 5.74) is 0. The summed E-state index contributed by atoms with van der Waals surface area (Å²) in [7, 11) is 0. The monoisotopic (exact) mass is 312 g/mol. The van der Waals surface area contributed by atoms with Crippen molar-refractivity contribution < 1.29 is 0 Å². The first-order valence-corrected chi connectivity index (χ1v) is 10.8. The molecule has 126 valence electrons. The highest BCUT2D eigenvalue weighted by atomic mass is 32.2. The van der Waals surface area contributed by atoms with Crippen LogP contribution in [0.2, 0.25) is 0 Å². The second kappa shape index (κ2) is 20.3. The highest BCUT2D eigenvalue weighted by Crippen LogP contribution is 2.15. The molecule has 0 heterocycles. The largest absolute Gasteiger partial charge is 0.161 e. The third kappa shape index (κ3) is 20.4. The zero-order chi connectivity index (χ0) is 15.4. The van der Waals surface area contributed by atoms with Crippen LogP contribution >= 0.6 is 11.8 Å². The van der Waals surface area contributed by atoms with E-state index in [2.05, 4.69) is 18.9 Å². The van der Waals surface area contributed by atoms with Crippen molar-refractivity contribution >= 4 is 11.8 Å². The summed E-state index contributed by atoms with van der Waals surface area (Å²) in [4.78, 5) is 0. The molecule has 0 amide bonds. The molecule has 2 radical (unpaired) electrons. The van der Waals surface area contributed by atoms with Gasteiger partial charge in [0, 0.05) is 5.75 Å². The SMILES string of the molecule is [CH2]CCCCCCCCCCCCCCCCC[CH]SC. The predicted octanol–water partition coefficient (Wildman–Crippen LogP) is 7.98. The van der Waals surface area contributed by atoms with Crippen LogP contribution in [0.4, 0.5) is 0 Å². The zero-order valence-electron chi connectivity index (χ0n) is 14.7. The van der Waals surface area contributed by atoms with E-state index in [-0.39, 0.29) is 0 Å². The second-order valence-corrected chi connectivity index (χ2v) is 7.15. The molecule has 0 aromatic heterocycles. The van der Waals surface area contributed by atoms with E-state index in [1.165, 1.54) is 103 Å². The normalized spacial score (nSPS) is 11.1. The summed E-state index contributed by atoms with van der Waals surface area (Å²) in [6.45, 7) is 3.89. The van der Waals surface area contributed by atoms with Crippen molar-refractivity contribution in [2.45, 2.75) is 109 Å². The lowest BCUT2D eigenvalue weighted by Crippen LogP contribution is -1.83. The van der Waals surface area contributed by atoms with Crippen molar-refractivity contribution in [3.63, 3.8) is 0 Å². The topological polar surface area (TPSA) is 0 Å². The molecule has 0 aromatic rings. The molecule has 0 N–H and O–H groups in total. The molecule has 0 saturated carbocycles. The summed E-state index contributed by atoms with van der Waals surface area (Å²) in [6, 6.07) is 0. The number of thioether (sulfide) groups is 1. The highest BCUT2D eigenvalue weighted by molar-refractivity contribution is 8.00. The lowest BCUT2D eigenvalue weighted by molar-refractivity contribution is 0.531. The van der Waals surface area contributed by atoms with Crippen molar-refractivity contribution in [3.05, 3.63) is 12.7 Å². The fourth-order valence-electron chi connectivity index (χ4n) is 2.82. The van der Waals surface area contributed by atoms with Gasteiger partial charge in [-0.15, -0.1) is 0 Å². The Morgan fingerprint density at radius 1 is 0.571 bits per heavy atom. The molecule has 0 unspecified atom stereocenters. The van der Waals surface area contributed by atoms with Gasteiger partial charge in [0.05, 0.1) is 0 Å². The molecular formula is C20H40S. The maximum atomic E-state index is 3.89. The van der Waals surface area contributed by atoms with Crippen molar-refractivity contribution in [3.8, 4) is 0 Å². The minimum Gasteiger partial charge on any atom is -0.161 e. The van der Waals surface area contributed by atoms with Crippen LogP contribution in [0.3, 0.4) is 0 Å². The quantitative estimate of drug-likeness (QED) is 0.231. The first-order chi connectivity index (χ1) is 10.4. The van der Waals surface area contributed by atoms with Gasteiger partial charge in [0.25, 0.3) is 0 Å². The van der Waals surface area contributed by atoms with Gasteiger partial charge in [-0.05, 0) is 12.7 Å². The molecule has 0 atom stereocenters. The summed E-state index contributed by atoms with van der Waals surface area (Å²) >= 11 is 1.86. The molecule has 0 fully saturated rings. The lowest BCUT2D eigenvalue weighted by Gasteiger charge is -2.03. The molecule has 0 aliphatic carbocycles. The van der Waals surface area contributed by atoms with Crippen LogP contribution in [0.5, 0.6) is 0 Å². The first-order valence-electron chi connectivity index (χ1n) is 9.55. The second-order valence-electron chi connectivity index (χ2n) is 6.35. The average Bonchev–Trinajstić information content (AvgIpc) is 2.50. The van der Waals surface area contributed by atoms with E-state index in [0.717, 1.165) is 6.42 Å². The van der Waals surface area contributed by atoms with Gasteiger partial charge in [-0.25, -0.2) is 0 Å². The Balaban J connectivity index is 2.90. The van der Waals surface area contributed by atoms with Crippen LogP contribution in [-0.2, 0) is 0 Å². The van der Waals surface area contributed by atoms with E-state index in [1.807, 2.05) is 11.8 Å². The predicted molar refractivity (Wildman–Crippen MR) is 102 cm³/mol. The van der Waals surface area contributed by atoms with Crippen molar-refractivity contribution in [2.24, 2.45) is 0 Å². The summed E-state index contributed by atoms with van der Waals surface area (Å²) in [5.74, 6) is 2.33. The van der Waals surface area contributed by atoms with E-state index in [0.29, 0.717) is 0 Å². The molecule has 0 aliphatic heterocycles. The van der Waals surface area contributed by atoms with Crippen LogP contribution in [-0.4, -0.2) is 6.26 Å². The third-order valence-electron chi connectivity index (χ3n) is 4.24. The number of hydrogen-bond donors (Lipinski definition) is 0. The molecule has 0 nitrogen and oxygen atoms in total. The highest BCUT2D eigenvalue weighted by Gasteiger charge is 1.94. The van der Waals surface area contributed by atoms with Crippen molar-refractivity contribution in [1.82, 2.24) is 0 Å². The minimum atomic E-state index is 1.12. The Kier molecular flexibility index (Phi) is 20.7. The molecule has 0 saturated heterocycles. The molecule has 1 heteroatoms. The van der Waals surface area contributed by atoms with Crippen molar-refractivity contribution in [2.75, 3.05) is 6.26 Å². The lowest BCUT2D eigenvalue weighted by atomic mass is 10.0. The smallest absolute Gasteiger partial charge is 0.0163 e. The third-order valence-corrected chi connectivity index (χ3v) is 4.81. The van der Waals surface area contributed by atoms with Gasteiger partial charge >= 0.3 is 0 Å². The summed E-state index contributed by atoms with van der Waals surface area (Å²) in [5, 5.41) is 0. The summed E-state index contributed by atoms with van der Waals surface area (Å²) < 4.78 is 0. The molecular weight excluding hydrogens is 272 g/mol. The standard InChI is InChI=1S/C20H40S/c1-3-4-5-6-7-8-9-10-11-12-13-14-15-16-17-18-19-20-21-2/h20H,1,3-19H2,2H3. The fraction of sp³-hybridized carbons (Fsp3) is 0.900. The van der Waals surface area contributed by atoms with E-state index in [1.54, 1.807) is 0 Å². The van der Waals surface area contributed by atoms with Gasteiger partial charge in [-0.3, -0.25) is 0 Å². The average molecular weight is 313 g/mol. The number of rotatable bonds is 18. The van der Waals surface area contributed by atoms with Crippen LogP contribution in [0.1, 0.15) is 109 Å². The molecule has 0 bridgehead atoms. The number of hydrogen-bond acceptors (Lipinski definition) is 1. The van der Waals surface area contributed by atoms with Gasteiger partial charge in [-0.2, -0.15) is 11.8 Å². The van der Waals surface area contributed by atoms with E-state index >= 15 is 0 Å². The van der Waals surface area contributed by atoms with Gasteiger partial charge < -0.3 is 0 Å². The Labute approximate surface area is 140 Å². The molecule has 0 aromatic carbocycles. The van der Waals surface area contributed by atoms with Crippen LogP contribution in [0.15, 0.2) is 0 Å². The van der Waals surface area contributed by atoms with Crippen LogP contribution in [0.25, 0.3) is 0 Å². The van der Waals surface area contributed by atoms with E-state index < -0.39 is 0 Å². The van der Waals surface area contributed by atoms with Gasteiger partial charge in [0.2, 0.25) is 0 Å². The van der Waals surface area contributed by atoms with E-state index in [4.69, 9.17) is 0 Å². The fourth-order valence-corrected chi connectivity index (χ4v) is 3.22. The van der Waals surface area contributed by atoms with Gasteiger partial charge in [0.15, 0.2) is 0 Å². The Morgan fingerprint density at radius 3 is 1.24 bits per heavy atom. The van der Waals surface area contributed by atoms with Crippen LogP contribution in [0, 0.1) is 12.7 Å². The zero-order valence-corrected chi connectivity index (χ0v) is 15.5. The van der Waals surface area contributed by atoms with E-state index in [9.17, 15) is 0 Å². The van der Waals surface area contributed by atoms with Gasteiger partial charge in [0.1, 0.15) is 0 Å². The minimum absolute atomic E-state index is 1.12. The Morgan fingerprint density at radius 2 is 0.905 bits per heavy atom. The number of unbranched alkanes of at least 4 members (excludes halogenated alkanes) is 16. The first kappa shape index (κ1) is 21.4. The molecule has 0 rings (SSSR count). The summed E-state index contributed by atoms with van der Waals surface area (Å²) in [6.07, 6.45) is 26.2. The molecule has 0 aliphatic rings. The maximum absolute atomic E-state index is 3.89.